The first kappa shape index (κ1) is 30.7. The van der Waals surface area contributed by atoms with Crippen LogP contribution in [0, 0.1) is 10.1 Å². The van der Waals surface area contributed by atoms with E-state index in [1.165, 1.54) is 30.2 Å². The third-order valence-corrected chi connectivity index (χ3v) is 6.91. The van der Waals surface area contributed by atoms with Crippen LogP contribution in [0.5, 0.6) is 11.5 Å². The molecule has 0 saturated carbocycles. The number of hydrogen-bond acceptors (Lipinski definition) is 6. The molecule has 3 aromatic rings. The van der Waals surface area contributed by atoms with Gasteiger partial charge < -0.3 is 19.7 Å². The highest BCUT2D eigenvalue weighted by Gasteiger charge is 2.31. The van der Waals surface area contributed by atoms with Crippen LogP contribution < -0.4 is 14.8 Å². The maximum Gasteiger partial charge on any atom is 0.311 e. The highest BCUT2D eigenvalue weighted by molar-refractivity contribution is 6.36. The van der Waals surface area contributed by atoms with Crippen molar-refractivity contribution in [3.05, 3.63) is 98.0 Å². The van der Waals surface area contributed by atoms with Crippen LogP contribution in [0.1, 0.15) is 30.9 Å². The zero-order valence-electron chi connectivity index (χ0n) is 22.3. The van der Waals surface area contributed by atoms with E-state index in [2.05, 4.69) is 5.32 Å². The van der Waals surface area contributed by atoms with Gasteiger partial charge in [0.25, 0.3) is 5.91 Å². The molecule has 0 aliphatic heterocycles. The molecule has 0 heterocycles. The zero-order valence-corrected chi connectivity index (χ0v) is 23.8. The lowest BCUT2D eigenvalue weighted by atomic mass is 10.0. The molecule has 1 N–H and O–H groups in total. The summed E-state index contributed by atoms with van der Waals surface area (Å²) < 4.78 is 10.8. The van der Waals surface area contributed by atoms with Crippen LogP contribution in [0.15, 0.2) is 66.7 Å². The molecule has 0 fully saturated rings. The average Bonchev–Trinajstić information content (AvgIpc) is 2.95. The lowest BCUT2D eigenvalue weighted by Crippen LogP contribution is -2.52. The van der Waals surface area contributed by atoms with Gasteiger partial charge in [-0.05, 0) is 30.2 Å². The molecule has 3 aromatic carbocycles. The maximum absolute atomic E-state index is 13.7. The van der Waals surface area contributed by atoms with Gasteiger partial charge in [-0.1, -0.05) is 72.9 Å². The highest BCUT2D eigenvalue weighted by Crippen LogP contribution is 2.31. The molecule has 0 bridgehead atoms. The van der Waals surface area contributed by atoms with Gasteiger partial charge in [-0.15, -0.1) is 0 Å². The maximum atomic E-state index is 13.7. The third kappa shape index (κ3) is 8.34. The van der Waals surface area contributed by atoms with Gasteiger partial charge in [-0.2, -0.15) is 0 Å². The average molecular weight is 588 g/mol. The quantitative estimate of drug-likeness (QED) is 0.144. The SMILES string of the molecule is CCCCNC(=O)[C@@H](Cc1ccccc1)N(Cc1c(Cl)cccc1Cl)C(=O)COc1ccc([N+](=O)[O-])c(OC)c1. The Kier molecular flexibility index (Phi) is 11.6. The Balaban J connectivity index is 1.94. The topological polar surface area (TPSA) is 111 Å². The molecule has 11 heteroatoms. The first-order valence-corrected chi connectivity index (χ1v) is 13.5. The Morgan fingerprint density at radius 2 is 1.75 bits per heavy atom. The van der Waals surface area contributed by atoms with E-state index in [1.54, 1.807) is 18.2 Å². The fourth-order valence-corrected chi connectivity index (χ4v) is 4.56. The standard InChI is InChI=1S/C29H31Cl2N3O6/c1-3-4-15-32-29(36)26(16-20-9-6-5-7-10-20)33(18-22-23(30)11-8-12-24(22)31)28(35)19-40-21-13-14-25(34(37)38)27(17-21)39-2/h5-14,17,26H,3-4,15-16,18-19H2,1-2H3,(H,32,36)/t26-/m1/s1. The summed E-state index contributed by atoms with van der Waals surface area (Å²) in [7, 11) is 1.30. The van der Waals surface area contributed by atoms with Crippen molar-refractivity contribution in [3.8, 4) is 11.5 Å². The number of rotatable bonds is 14. The first-order valence-electron chi connectivity index (χ1n) is 12.7. The van der Waals surface area contributed by atoms with Gasteiger partial charge in [0.05, 0.1) is 12.0 Å². The minimum Gasteiger partial charge on any atom is -0.490 e. The van der Waals surface area contributed by atoms with Gasteiger partial charge in [0, 0.05) is 47.3 Å². The van der Waals surface area contributed by atoms with Crippen LogP contribution in [0.3, 0.4) is 0 Å². The van der Waals surface area contributed by atoms with E-state index in [4.69, 9.17) is 32.7 Å². The van der Waals surface area contributed by atoms with Crippen molar-refractivity contribution in [3.63, 3.8) is 0 Å². The molecule has 0 unspecified atom stereocenters. The molecule has 0 aromatic heterocycles. The Morgan fingerprint density at radius 3 is 2.38 bits per heavy atom. The minimum atomic E-state index is -0.894. The van der Waals surface area contributed by atoms with Crippen molar-refractivity contribution in [1.82, 2.24) is 10.2 Å². The fraction of sp³-hybridized carbons (Fsp3) is 0.310. The summed E-state index contributed by atoms with van der Waals surface area (Å²) in [6.45, 7) is 2.00. The van der Waals surface area contributed by atoms with Crippen LogP contribution in [0.4, 0.5) is 5.69 Å². The van der Waals surface area contributed by atoms with Crippen molar-refractivity contribution in [2.75, 3.05) is 20.3 Å². The summed E-state index contributed by atoms with van der Waals surface area (Å²) >= 11 is 12.9. The van der Waals surface area contributed by atoms with E-state index in [1.807, 2.05) is 37.3 Å². The molecular weight excluding hydrogens is 557 g/mol. The molecule has 9 nitrogen and oxygen atoms in total. The fourth-order valence-electron chi connectivity index (χ4n) is 4.04. The molecule has 0 spiro atoms. The number of hydrogen-bond donors (Lipinski definition) is 1. The Morgan fingerprint density at radius 1 is 1.05 bits per heavy atom. The van der Waals surface area contributed by atoms with Crippen LogP contribution in [-0.2, 0) is 22.6 Å². The van der Waals surface area contributed by atoms with Crippen molar-refractivity contribution < 1.29 is 24.0 Å². The first-order chi connectivity index (χ1) is 19.2. The lowest BCUT2D eigenvalue weighted by Gasteiger charge is -2.32. The molecule has 0 aliphatic carbocycles. The number of nitro benzene ring substituents is 1. The molecule has 3 rings (SSSR count). The summed E-state index contributed by atoms with van der Waals surface area (Å²) in [5.41, 5.74) is 1.13. The predicted octanol–water partition coefficient (Wildman–Crippen LogP) is 5.85. The van der Waals surface area contributed by atoms with Crippen LogP contribution in [-0.4, -0.2) is 47.9 Å². The van der Waals surface area contributed by atoms with Gasteiger partial charge in [0.1, 0.15) is 11.8 Å². The number of carbonyl (C=O) groups excluding carboxylic acids is 2. The smallest absolute Gasteiger partial charge is 0.311 e. The number of nitrogens with zero attached hydrogens (tertiary/aromatic N) is 2. The number of benzene rings is 3. The summed E-state index contributed by atoms with van der Waals surface area (Å²) in [4.78, 5) is 39.3. The second-order valence-electron chi connectivity index (χ2n) is 8.95. The molecule has 0 radical (unpaired) electrons. The van der Waals surface area contributed by atoms with Crippen molar-refractivity contribution in [2.45, 2.75) is 38.8 Å². The molecule has 212 valence electrons. The van der Waals surface area contributed by atoms with Crippen LogP contribution in [0.2, 0.25) is 10.0 Å². The second-order valence-corrected chi connectivity index (χ2v) is 9.77. The van der Waals surface area contributed by atoms with Crippen LogP contribution >= 0.6 is 23.2 Å². The van der Waals surface area contributed by atoms with E-state index >= 15 is 0 Å². The van der Waals surface area contributed by atoms with E-state index in [-0.39, 0.29) is 36.1 Å². The van der Waals surface area contributed by atoms with E-state index in [0.29, 0.717) is 22.2 Å². The van der Waals surface area contributed by atoms with Crippen molar-refractivity contribution >= 4 is 40.7 Å². The number of nitro groups is 1. The lowest BCUT2D eigenvalue weighted by molar-refractivity contribution is -0.385. The predicted molar refractivity (Wildman–Crippen MR) is 154 cm³/mol. The molecule has 2 amide bonds. The number of unbranched alkanes of at least 4 members (excludes halogenated alkanes) is 1. The molecule has 0 aliphatic rings. The monoisotopic (exact) mass is 587 g/mol. The van der Waals surface area contributed by atoms with Gasteiger partial charge in [-0.25, -0.2) is 0 Å². The largest absolute Gasteiger partial charge is 0.490 e. The van der Waals surface area contributed by atoms with Crippen molar-refractivity contribution in [2.24, 2.45) is 0 Å². The van der Waals surface area contributed by atoms with E-state index < -0.39 is 23.5 Å². The third-order valence-electron chi connectivity index (χ3n) is 6.20. The van der Waals surface area contributed by atoms with Crippen molar-refractivity contribution in [1.29, 1.82) is 0 Å². The molecule has 0 saturated heterocycles. The van der Waals surface area contributed by atoms with Gasteiger partial charge in [0.2, 0.25) is 11.7 Å². The number of methoxy groups -OCH3 is 1. The Hall–Kier alpha value is -3.82. The number of nitrogens with one attached hydrogen (secondary N) is 1. The number of halogens is 2. The summed E-state index contributed by atoms with van der Waals surface area (Å²) in [6.07, 6.45) is 1.94. The number of amides is 2. The van der Waals surface area contributed by atoms with Crippen LogP contribution in [0.25, 0.3) is 0 Å². The molecule has 40 heavy (non-hydrogen) atoms. The normalized spacial score (nSPS) is 11.4. The zero-order chi connectivity index (χ0) is 29.1. The number of ether oxygens (including phenoxy) is 2. The summed E-state index contributed by atoms with van der Waals surface area (Å²) in [5, 5.41) is 14.9. The van der Waals surface area contributed by atoms with Gasteiger partial charge in [0.15, 0.2) is 6.61 Å². The second kappa shape index (κ2) is 15.1. The van der Waals surface area contributed by atoms with E-state index in [9.17, 15) is 19.7 Å². The molecular formula is C29H31Cl2N3O6. The van der Waals surface area contributed by atoms with Gasteiger partial charge in [-0.3, -0.25) is 19.7 Å². The Labute approximate surface area is 243 Å². The molecule has 1 atom stereocenters. The summed E-state index contributed by atoms with van der Waals surface area (Å²) in [5.74, 6) is -0.629. The summed E-state index contributed by atoms with van der Waals surface area (Å²) in [6, 6.07) is 17.5. The van der Waals surface area contributed by atoms with Gasteiger partial charge >= 0.3 is 5.69 Å². The minimum absolute atomic E-state index is 0.00749. The Bertz CT molecular complexity index is 1300. The number of carbonyl (C=O) groups is 2. The van der Waals surface area contributed by atoms with E-state index in [0.717, 1.165) is 18.4 Å². The highest BCUT2D eigenvalue weighted by atomic mass is 35.5.